The van der Waals surface area contributed by atoms with Crippen molar-refractivity contribution in [2.45, 2.75) is 6.61 Å². The molecule has 0 saturated carbocycles. The maximum atomic E-state index is 13.4. The van der Waals surface area contributed by atoms with Gasteiger partial charge in [-0.1, -0.05) is 40.2 Å². The molecule has 5 nitrogen and oxygen atoms in total. The van der Waals surface area contributed by atoms with E-state index in [4.69, 9.17) is 14.6 Å². The first kappa shape index (κ1) is 22.1. The molecule has 0 aliphatic carbocycles. The summed E-state index contributed by atoms with van der Waals surface area (Å²) in [7, 11) is 1.50. The Balaban J connectivity index is 1.88. The van der Waals surface area contributed by atoms with Crippen LogP contribution in [-0.4, -0.2) is 18.2 Å². The molecule has 0 fully saturated rings. The van der Waals surface area contributed by atoms with Crippen LogP contribution in [0.4, 0.5) is 4.39 Å². The number of carbonyl (C=O) groups is 1. The Morgan fingerprint density at radius 1 is 1.13 bits per heavy atom. The van der Waals surface area contributed by atoms with Crippen molar-refractivity contribution >= 4 is 33.5 Å². The molecule has 0 aliphatic rings. The molecule has 31 heavy (non-hydrogen) atoms. The summed E-state index contributed by atoms with van der Waals surface area (Å²) < 4.78 is 25.2. The van der Waals surface area contributed by atoms with Crippen LogP contribution in [0.15, 0.2) is 65.1 Å². The van der Waals surface area contributed by atoms with E-state index < -0.39 is 5.97 Å². The molecule has 1 N–H and O–H groups in total. The molecule has 0 radical (unpaired) electrons. The SMILES string of the molecule is COc1cc(/C=C(/C#N)c2ccc(C(=O)O)cc2)c(Br)cc1OCc1cccc(F)c1. The fraction of sp³-hybridized carbons (Fsp3) is 0.0833. The Morgan fingerprint density at radius 3 is 2.45 bits per heavy atom. The molecule has 0 atom stereocenters. The van der Waals surface area contributed by atoms with Gasteiger partial charge in [0.2, 0.25) is 0 Å². The molecule has 3 aromatic carbocycles. The molecule has 0 unspecified atom stereocenters. The largest absolute Gasteiger partial charge is 0.493 e. The van der Waals surface area contributed by atoms with E-state index in [1.807, 2.05) is 0 Å². The van der Waals surface area contributed by atoms with Crippen LogP contribution in [0.25, 0.3) is 11.6 Å². The normalized spacial score (nSPS) is 11.0. The Hall–Kier alpha value is -3.63. The average Bonchev–Trinajstić information content (AvgIpc) is 2.77. The van der Waals surface area contributed by atoms with Crippen LogP contribution in [-0.2, 0) is 6.61 Å². The van der Waals surface area contributed by atoms with Crippen molar-refractivity contribution in [3.05, 3.63) is 93.2 Å². The fourth-order valence-corrected chi connectivity index (χ4v) is 3.29. The van der Waals surface area contributed by atoms with Gasteiger partial charge in [-0.3, -0.25) is 0 Å². The third-order valence-corrected chi connectivity index (χ3v) is 5.12. The van der Waals surface area contributed by atoms with Crippen molar-refractivity contribution < 1.29 is 23.8 Å². The maximum absolute atomic E-state index is 13.4. The van der Waals surface area contributed by atoms with Gasteiger partial charge >= 0.3 is 5.97 Å². The third kappa shape index (κ3) is 5.50. The Morgan fingerprint density at radius 2 is 1.84 bits per heavy atom. The van der Waals surface area contributed by atoms with E-state index in [-0.39, 0.29) is 18.0 Å². The van der Waals surface area contributed by atoms with Crippen LogP contribution in [0.2, 0.25) is 0 Å². The van der Waals surface area contributed by atoms with E-state index in [1.54, 1.807) is 42.5 Å². The summed E-state index contributed by atoms with van der Waals surface area (Å²) in [6.07, 6.45) is 1.67. The summed E-state index contributed by atoms with van der Waals surface area (Å²) in [5.41, 5.74) is 2.44. The van der Waals surface area contributed by atoms with Gasteiger partial charge in [-0.25, -0.2) is 9.18 Å². The quantitative estimate of drug-likeness (QED) is 0.333. The zero-order valence-electron chi connectivity index (χ0n) is 16.4. The second-order valence-electron chi connectivity index (χ2n) is 6.50. The Bertz CT molecular complexity index is 1180. The first-order valence-electron chi connectivity index (χ1n) is 9.11. The van der Waals surface area contributed by atoms with Gasteiger partial charge in [0.15, 0.2) is 11.5 Å². The van der Waals surface area contributed by atoms with Gasteiger partial charge in [-0.2, -0.15) is 5.26 Å². The van der Waals surface area contributed by atoms with Gasteiger partial charge in [0, 0.05) is 4.47 Å². The lowest BCUT2D eigenvalue weighted by atomic mass is 10.0. The first-order valence-corrected chi connectivity index (χ1v) is 9.91. The fourth-order valence-electron chi connectivity index (χ4n) is 2.85. The molecular formula is C24H17BrFNO4. The molecule has 0 spiro atoms. The number of ether oxygens (including phenoxy) is 2. The van der Waals surface area contributed by atoms with Crippen LogP contribution < -0.4 is 9.47 Å². The van der Waals surface area contributed by atoms with Gasteiger partial charge in [0.05, 0.1) is 24.3 Å². The lowest BCUT2D eigenvalue weighted by molar-refractivity contribution is 0.0697. The number of nitrogens with zero attached hydrogens (tertiary/aromatic N) is 1. The molecule has 3 rings (SSSR count). The van der Waals surface area contributed by atoms with E-state index in [0.29, 0.717) is 38.2 Å². The number of carboxylic acids is 1. The van der Waals surface area contributed by atoms with E-state index in [0.717, 1.165) is 0 Å². The van der Waals surface area contributed by atoms with Crippen LogP contribution in [0, 0.1) is 17.1 Å². The van der Waals surface area contributed by atoms with Crippen LogP contribution in [0.5, 0.6) is 11.5 Å². The van der Waals surface area contributed by atoms with Gasteiger partial charge in [0.25, 0.3) is 0 Å². The maximum Gasteiger partial charge on any atom is 0.335 e. The molecule has 156 valence electrons. The third-order valence-electron chi connectivity index (χ3n) is 4.43. The summed E-state index contributed by atoms with van der Waals surface area (Å²) in [5.74, 6) is -0.463. The number of carboxylic acid groups (broad SMARTS) is 1. The van der Waals surface area contributed by atoms with Crippen molar-refractivity contribution in [1.82, 2.24) is 0 Å². The van der Waals surface area contributed by atoms with Gasteiger partial charge in [0.1, 0.15) is 12.4 Å². The lowest BCUT2D eigenvalue weighted by Crippen LogP contribution is -1.99. The van der Waals surface area contributed by atoms with Crippen molar-refractivity contribution in [3.8, 4) is 17.6 Å². The number of hydrogen-bond donors (Lipinski definition) is 1. The summed E-state index contributed by atoms with van der Waals surface area (Å²) in [5, 5.41) is 18.6. The van der Waals surface area contributed by atoms with Crippen LogP contribution >= 0.6 is 15.9 Å². The number of methoxy groups -OCH3 is 1. The number of benzene rings is 3. The molecule has 0 amide bonds. The topological polar surface area (TPSA) is 79.5 Å². The molecule has 0 aliphatic heterocycles. The van der Waals surface area contributed by atoms with Gasteiger partial charge < -0.3 is 14.6 Å². The van der Waals surface area contributed by atoms with Gasteiger partial charge in [-0.15, -0.1) is 0 Å². The number of hydrogen-bond acceptors (Lipinski definition) is 4. The number of aromatic carboxylic acids is 1. The molecule has 7 heteroatoms. The number of halogens is 2. The standard InChI is InChI=1S/C24H17BrFNO4/c1-30-22-11-18(10-19(13-27)16-5-7-17(8-6-16)24(28)29)21(25)12-23(22)31-14-15-3-2-4-20(26)9-15/h2-12H,14H2,1H3,(H,28,29)/b19-10-. The van der Waals surface area contributed by atoms with Crippen molar-refractivity contribution in [2.24, 2.45) is 0 Å². The zero-order valence-corrected chi connectivity index (χ0v) is 18.0. The number of allylic oxidation sites excluding steroid dienone is 1. The summed E-state index contributed by atoms with van der Waals surface area (Å²) >= 11 is 3.48. The highest BCUT2D eigenvalue weighted by Crippen LogP contribution is 2.36. The van der Waals surface area contributed by atoms with Crippen molar-refractivity contribution in [2.75, 3.05) is 7.11 Å². The molecule has 0 bridgehead atoms. The highest BCUT2D eigenvalue weighted by Gasteiger charge is 2.12. The van der Waals surface area contributed by atoms with Crippen LogP contribution in [0.1, 0.15) is 27.0 Å². The number of nitriles is 1. The molecule has 3 aromatic rings. The summed E-state index contributed by atoms with van der Waals surface area (Å²) in [6.45, 7) is 0.162. The Labute approximate surface area is 187 Å². The molecular weight excluding hydrogens is 465 g/mol. The smallest absolute Gasteiger partial charge is 0.335 e. The van der Waals surface area contributed by atoms with E-state index in [1.165, 1.54) is 31.4 Å². The monoisotopic (exact) mass is 481 g/mol. The highest BCUT2D eigenvalue weighted by atomic mass is 79.9. The van der Waals surface area contributed by atoms with Gasteiger partial charge in [-0.05, 0) is 59.2 Å². The minimum absolute atomic E-state index is 0.142. The predicted octanol–water partition coefficient (Wildman–Crippen LogP) is 5.94. The summed E-state index contributed by atoms with van der Waals surface area (Å²) in [4.78, 5) is 11.0. The summed E-state index contributed by atoms with van der Waals surface area (Å²) in [6, 6.07) is 17.8. The molecule has 0 heterocycles. The average molecular weight is 482 g/mol. The first-order chi connectivity index (χ1) is 14.9. The lowest BCUT2D eigenvalue weighted by Gasteiger charge is -2.13. The molecule has 0 saturated heterocycles. The minimum atomic E-state index is -1.03. The van der Waals surface area contributed by atoms with E-state index in [9.17, 15) is 14.4 Å². The van der Waals surface area contributed by atoms with E-state index in [2.05, 4.69) is 22.0 Å². The number of rotatable bonds is 7. The van der Waals surface area contributed by atoms with E-state index >= 15 is 0 Å². The van der Waals surface area contributed by atoms with Crippen LogP contribution in [0.3, 0.4) is 0 Å². The highest BCUT2D eigenvalue weighted by molar-refractivity contribution is 9.10. The molecule has 0 aromatic heterocycles. The van der Waals surface area contributed by atoms with Crippen molar-refractivity contribution in [1.29, 1.82) is 5.26 Å². The Kier molecular flexibility index (Phi) is 7.06. The minimum Gasteiger partial charge on any atom is -0.493 e. The second-order valence-corrected chi connectivity index (χ2v) is 7.35. The second kappa shape index (κ2) is 9.92. The van der Waals surface area contributed by atoms with Crippen molar-refractivity contribution in [3.63, 3.8) is 0 Å². The predicted molar refractivity (Wildman–Crippen MR) is 118 cm³/mol. The zero-order chi connectivity index (χ0) is 22.4.